The van der Waals surface area contributed by atoms with Crippen molar-refractivity contribution in [2.45, 2.75) is 76.7 Å². The molecule has 1 nitrogen and oxygen atoms in total. The molecule has 0 saturated heterocycles. The molecule has 6 rings (SSSR count). The van der Waals surface area contributed by atoms with Gasteiger partial charge in [-0.05, 0) is 106 Å². The fraction of sp³-hybridized carbons (Fsp3) is 1.00. The van der Waals surface area contributed by atoms with Gasteiger partial charge in [0.05, 0.1) is 5.60 Å². The van der Waals surface area contributed by atoms with E-state index in [1.807, 2.05) is 0 Å². The van der Waals surface area contributed by atoms with E-state index in [4.69, 9.17) is 0 Å². The number of hydrogen-bond donors (Lipinski definition) is 1. The molecule has 0 radical (unpaired) electrons. The Morgan fingerprint density at radius 1 is 0.800 bits per heavy atom. The fourth-order valence-electron chi connectivity index (χ4n) is 8.06. The van der Waals surface area contributed by atoms with Gasteiger partial charge in [0, 0.05) is 0 Å². The van der Waals surface area contributed by atoms with Crippen LogP contribution in [0.4, 0.5) is 0 Å². The van der Waals surface area contributed by atoms with Gasteiger partial charge in [-0.2, -0.15) is 0 Å². The van der Waals surface area contributed by atoms with Crippen molar-refractivity contribution < 1.29 is 5.11 Å². The zero-order chi connectivity index (χ0) is 13.5. The summed E-state index contributed by atoms with van der Waals surface area (Å²) >= 11 is 0. The van der Waals surface area contributed by atoms with Crippen molar-refractivity contribution in [3.63, 3.8) is 0 Å². The standard InChI is InChI=1S/C19H30O/c1-18(20,17-8-12-2-3-16(17)7-12)19-9-13-4-14(10-19)6-15(5-13)11-19/h12-17,20H,2-11H2,1H3. The van der Waals surface area contributed by atoms with Crippen LogP contribution in [0.5, 0.6) is 0 Å². The lowest BCUT2D eigenvalue weighted by molar-refractivity contribution is -0.201. The molecule has 0 aromatic carbocycles. The lowest BCUT2D eigenvalue weighted by Gasteiger charge is -2.63. The Hall–Kier alpha value is -0.0400. The molecule has 0 aromatic rings. The number of fused-ring (bicyclic) bond motifs is 2. The maximum absolute atomic E-state index is 11.7. The highest BCUT2D eigenvalue weighted by molar-refractivity contribution is 5.13. The average molecular weight is 274 g/mol. The van der Waals surface area contributed by atoms with Crippen LogP contribution in [0.1, 0.15) is 71.1 Å². The summed E-state index contributed by atoms with van der Waals surface area (Å²) < 4.78 is 0. The van der Waals surface area contributed by atoms with Gasteiger partial charge in [-0.1, -0.05) is 6.42 Å². The summed E-state index contributed by atoms with van der Waals surface area (Å²) in [5, 5.41) is 11.7. The predicted molar refractivity (Wildman–Crippen MR) is 80.2 cm³/mol. The van der Waals surface area contributed by atoms with Crippen LogP contribution < -0.4 is 0 Å². The predicted octanol–water partition coefficient (Wildman–Crippen LogP) is 4.39. The number of hydrogen-bond acceptors (Lipinski definition) is 1. The van der Waals surface area contributed by atoms with E-state index in [0.717, 1.165) is 29.6 Å². The second-order valence-electron chi connectivity index (χ2n) is 9.63. The van der Waals surface area contributed by atoms with Crippen molar-refractivity contribution in [1.29, 1.82) is 0 Å². The van der Waals surface area contributed by atoms with Gasteiger partial charge in [0.2, 0.25) is 0 Å². The normalized spacial score (nSPS) is 59.1. The molecule has 112 valence electrons. The van der Waals surface area contributed by atoms with E-state index in [0.29, 0.717) is 11.3 Å². The molecule has 1 N–H and O–H groups in total. The summed E-state index contributed by atoms with van der Waals surface area (Å²) in [7, 11) is 0. The lowest BCUT2D eigenvalue weighted by Crippen LogP contribution is -2.60. The van der Waals surface area contributed by atoms with Crippen molar-refractivity contribution in [2.75, 3.05) is 0 Å². The Morgan fingerprint density at radius 3 is 1.85 bits per heavy atom. The summed E-state index contributed by atoms with van der Waals surface area (Å²) in [6.07, 6.45) is 14.2. The largest absolute Gasteiger partial charge is 0.389 e. The van der Waals surface area contributed by atoms with Crippen molar-refractivity contribution in [3.8, 4) is 0 Å². The number of rotatable bonds is 2. The maximum Gasteiger partial charge on any atom is 0.0706 e. The van der Waals surface area contributed by atoms with Gasteiger partial charge in [-0.3, -0.25) is 0 Å². The van der Waals surface area contributed by atoms with Crippen LogP contribution in [0, 0.1) is 40.9 Å². The van der Waals surface area contributed by atoms with E-state index in [9.17, 15) is 5.11 Å². The minimum Gasteiger partial charge on any atom is -0.389 e. The molecule has 0 spiro atoms. The molecule has 1 heteroatoms. The van der Waals surface area contributed by atoms with Crippen molar-refractivity contribution in [1.82, 2.24) is 0 Å². The molecule has 6 saturated carbocycles. The van der Waals surface area contributed by atoms with Crippen LogP contribution in [0.2, 0.25) is 0 Å². The van der Waals surface area contributed by atoms with E-state index >= 15 is 0 Å². The van der Waals surface area contributed by atoms with Crippen LogP contribution in [0.25, 0.3) is 0 Å². The monoisotopic (exact) mass is 274 g/mol. The Bertz CT molecular complexity index is 388. The van der Waals surface area contributed by atoms with Crippen LogP contribution >= 0.6 is 0 Å². The van der Waals surface area contributed by atoms with E-state index in [1.165, 1.54) is 64.2 Å². The summed E-state index contributed by atoms with van der Waals surface area (Å²) in [5.41, 5.74) is -0.0419. The Labute approximate surface area is 123 Å². The van der Waals surface area contributed by atoms with Gasteiger partial charge in [0.25, 0.3) is 0 Å². The lowest BCUT2D eigenvalue weighted by atomic mass is 9.43. The first-order valence-corrected chi connectivity index (χ1v) is 9.28. The summed E-state index contributed by atoms with van der Waals surface area (Å²) in [4.78, 5) is 0. The molecule has 20 heavy (non-hydrogen) atoms. The second-order valence-corrected chi connectivity index (χ2v) is 9.63. The van der Waals surface area contributed by atoms with E-state index < -0.39 is 0 Å². The molecule has 6 aliphatic rings. The smallest absolute Gasteiger partial charge is 0.0706 e. The second kappa shape index (κ2) is 3.83. The molecule has 6 aliphatic carbocycles. The van der Waals surface area contributed by atoms with Crippen LogP contribution in [0.3, 0.4) is 0 Å². The van der Waals surface area contributed by atoms with E-state index in [-0.39, 0.29) is 5.60 Å². The van der Waals surface area contributed by atoms with Crippen molar-refractivity contribution in [2.24, 2.45) is 40.9 Å². The third-order valence-corrected chi connectivity index (χ3v) is 8.57. The van der Waals surface area contributed by atoms with Gasteiger partial charge >= 0.3 is 0 Å². The zero-order valence-corrected chi connectivity index (χ0v) is 13.0. The van der Waals surface area contributed by atoms with Crippen LogP contribution in [-0.2, 0) is 0 Å². The summed E-state index contributed by atoms with van der Waals surface area (Å²) in [6, 6.07) is 0. The molecule has 6 fully saturated rings. The first-order chi connectivity index (χ1) is 9.56. The van der Waals surface area contributed by atoms with Gasteiger partial charge in [-0.25, -0.2) is 0 Å². The van der Waals surface area contributed by atoms with E-state index in [2.05, 4.69) is 6.92 Å². The number of aliphatic hydroxyl groups is 1. The molecular formula is C19H30O. The van der Waals surface area contributed by atoms with Crippen molar-refractivity contribution >= 4 is 0 Å². The summed E-state index contributed by atoms with van der Waals surface area (Å²) in [5.74, 6) is 5.36. The van der Waals surface area contributed by atoms with Gasteiger partial charge < -0.3 is 5.11 Å². The highest BCUT2D eigenvalue weighted by Crippen LogP contribution is 2.67. The minimum absolute atomic E-state index is 0.316. The molecule has 6 bridgehead atoms. The zero-order valence-electron chi connectivity index (χ0n) is 13.0. The third-order valence-electron chi connectivity index (χ3n) is 8.57. The molecule has 0 aliphatic heterocycles. The Balaban J connectivity index is 1.49. The summed E-state index contributed by atoms with van der Waals surface area (Å²) in [6.45, 7) is 2.27. The first kappa shape index (κ1) is 12.5. The van der Waals surface area contributed by atoms with Crippen LogP contribution in [0.15, 0.2) is 0 Å². The van der Waals surface area contributed by atoms with Crippen LogP contribution in [-0.4, -0.2) is 10.7 Å². The molecule has 4 atom stereocenters. The van der Waals surface area contributed by atoms with E-state index in [1.54, 1.807) is 0 Å². The molecule has 0 aromatic heterocycles. The molecule has 0 amide bonds. The maximum atomic E-state index is 11.7. The van der Waals surface area contributed by atoms with Gasteiger partial charge in [-0.15, -0.1) is 0 Å². The highest BCUT2D eigenvalue weighted by Gasteiger charge is 2.62. The average Bonchev–Trinajstić information content (AvgIpc) is 2.99. The topological polar surface area (TPSA) is 20.2 Å². The minimum atomic E-state index is -0.358. The highest BCUT2D eigenvalue weighted by atomic mass is 16.3. The van der Waals surface area contributed by atoms with Gasteiger partial charge in [0.1, 0.15) is 0 Å². The molecule has 4 unspecified atom stereocenters. The molecule has 0 heterocycles. The van der Waals surface area contributed by atoms with Crippen molar-refractivity contribution in [3.05, 3.63) is 0 Å². The van der Waals surface area contributed by atoms with Gasteiger partial charge in [0.15, 0.2) is 0 Å². The quantitative estimate of drug-likeness (QED) is 0.792. The first-order valence-electron chi connectivity index (χ1n) is 9.28. The molecular weight excluding hydrogens is 244 g/mol. The Kier molecular flexibility index (Phi) is 2.39. The Morgan fingerprint density at radius 2 is 1.40 bits per heavy atom. The fourth-order valence-corrected chi connectivity index (χ4v) is 8.06. The third kappa shape index (κ3) is 1.49. The SMILES string of the molecule is CC(O)(C1CC2CCC1C2)C12CC3CC(CC(C3)C1)C2.